The van der Waals surface area contributed by atoms with Crippen LogP contribution in [0.25, 0.3) is 11.1 Å². The highest BCUT2D eigenvalue weighted by molar-refractivity contribution is 5.90. The molecule has 1 amide bonds. The minimum Gasteiger partial charge on any atom is -0.479 e. The Kier molecular flexibility index (Phi) is 9.28. The van der Waals surface area contributed by atoms with Crippen LogP contribution in [0.3, 0.4) is 0 Å². The number of hydrogen-bond acceptors (Lipinski definition) is 8. The molecule has 6 N–H and O–H groups in total. The molecule has 8 atom stereocenters. The van der Waals surface area contributed by atoms with Crippen LogP contribution in [0.5, 0.6) is 5.75 Å². The first-order chi connectivity index (χ1) is 23.0. The summed E-state index contributed by atoms with van der Waals surface area (Å²) in [6, 6.07) is 25.3. The smallest absolute Gasteiger partial charge is 0.335 e. The largest absolute Gasteiger partial charge is 0.479 e. The van der Waals surface area contributed by atoms with Gasteiger partial charge in [-0.25, -0.2) is 13.6 Å². The zero-order chi connectivity index (χ0) is 34.2. The molecule has 250 valence electrons. The number of carboxylic acids is 1. The third-order valence-electron chi connectivity index (χ3n) is 9.02. The second kappa shape index (κ2) is 13.4. The number of benzene rings is 4. The number of β-lactam (4-membered cyclic amide) rings is 1. The van der Waals surface area contributed by atoms with Crippen LogP contribution in [0.2, 0.25) is 0 Å². The van der Waals surface area contributed by atoms with E-state index >= 15 is 0 Å². The Morgan fingerprint density at radius 1 is 0.833 bits per heavy atom. The van der Waals surface area contributed by atoms with Gasteiger partial charge in [-0.05, 0) is 77.1 Å². The predicted octanol–water partition coefficient (Wildman–Crippen LogP) is 3.41. The standard InChI is InChI=1S/C36H33F2NO9/c37-24-12-6-20(7-13-24)28(40)17-16-27-33(44)39-36(27,23-10-14-25(38)15-11-23)22-8-4-19(5-9-22)21-2-1-3-26(18-21)47-35-31(43)29(41)30(42)32(48-35)34(45)46/h1-15,18,27-32,35,40-43H,16-17H2,(H,39,44)(H,45,46)/t27-,28-,29+,30+,31-,32+,35-,36-/m0/s1. The Labute approximate surface area is 273 Å². The Hall–Kier alpha value is -4.72. The quantitative estimate of drug-likeness (QED) is 0.140. The number of aliphatic hydroxyl groups excluding tert-OH is 4. The van der Waals surface area contributed by atoms with Crippen LogP contribution in [0.15, 0.2) is 97.1 Å². The molecule has 2 aliphatic heterocycles. The molecule has 2 aliphatic rings. The van der Waals surface area contributed by atoms with E-state index in [-0.39, 0.29) is 24.5 Å². The van der Waals surface area contributed by atoms with E-state index in [0.29, 0.717) is 16.7 Å². The van der Waals surface area contributed by atoms with Gasteiger partial charge in [0.15, 0.2) is 6.10 Å². The second-order valence-electron chi connectivity index (χ2n) is 12.0. The van der Waals surface area contributed by atoms with Gasteiger partial charge in [0.05, 0.1) is 12.0 Å². The highest BCUT2D eigenvalue weighted by Gasteiger charge is 2.55. The van der Waals surface area contributed by atoms with Crippen LogP contribution in [0, 0.1) is 17.6 Å². The zero-order valence-corrected chi connectivity index (χ0v) is 25.3. The maximum atomic E-state index is 13.9. The third kappa shape index (κ3) is 6.28. The van der Waals surface area contributed by atoms with Crippen LogP contribution in [-0.2, 0) is 19.9 Å². The van der Waals surface area contributed by atoms with E-state index in [1.165, 1.54) is 36.4 Å². The SMILES string of the molecule is O=C(O)[C@@H]1O[C@H](Oc2cccc(-c3ccc([C@@]4(c5ccc(F)cc5)NC(=O)[C@@H]4CC[C@H](O)c4ccc(F)cc4)cc3)c2)[C@@H](O)[C@H](O)[C@H]1O. The van der Waals surface area contributed by atoms with E-state index in [2.05, 4.69) is 5.32 Å². The average Bonchev–Trinajstić information content (AvgIpc) is 3.08. The van der Waals surface area contributed by atoms with Gasteiger partial charge in [-0.15, -0.1) is 0 Å². The molecule has 0 unspecified atom stereocenters. The molecule has 12 heteroatoms. The number of nitrogens with one attached hydrogen (secondary N) is 1. The number of aliphatic hydroxyl groups is 4. The molecule has 48 heavy (non-hydrogen) atoms. The van der Waals surface area contributed by atoms with E-state index in [0.717, 1.165) is 11.1 Å². The van der Waals surface area contributed by atoms with Gasteiger partial charge >= 0.3 is 5.97 Å². The van der Waals surface area contributed by atoms with Crippen molar-refractivity contribution in [2.45, 2.75) is 55.2 Å². The van der Waals surface area contributed by atoms with E-state index < -0.39 is 65.9 Å². The molecule has 2 fully saturated rings. The molecular weight excluding hydrogens is 628 g/mol. The van der Waals surface area contributed by atoms with Crippen molar-refractivity contribution in [2.24, 2.45) is 5.92 Å². The molecule has 2 saturated heterocycles. The monoisotopic (exact) mass is 661 g/mol. The number of aliphatic carboxylic acids is 1. The summed E-state index contributed by atoms with van der Waals surface area (Å²) in [6.07, 6.45) is -9.17. The van der Waals surface area contributed by atoms with Gasteiger partial charge in [0.1, 0.15) is 41.2 Å². The van der Waals surface area contributed by atoms with Crippen LogP contribution >= 0.6 is 0 Å². The van der Waals surface area contributed by atoms with Gasteiger partial charge in [0.2, 0.25) is 12.2 Å². The molecule has 0 spiro atoms. The topological polar surface area (TPSA) is 166 Å². The van der Waals surface area contributed by atoms with Crippen molar-refractivity contribution < 1.29 is 53.4 Å². The van der Waals surface area contributed by atoms with E-state index in [1.54, 1.807) is 36.4 Å². The fourth-order valence-electron chi connectivity index (χ4n) is 6.40. The van der Waals surface area contributed by atoms with Gasteiger partial charge in [0, 0.05) is 0 Å². The molecule has 0 bridgehead atoms. The maximum Gasteiger partial charge on any atom is 0.335 e. The summed E-state index contributed by atoms with van der Waals surface area (Å²) in [5, 5.41) is 53.6. The third-order valence-corrected chi connectivity index (χ3v) is 9.02. The highest BCUT2D eigenvalue weighted by atomic mass is 19.1. The van der Waals surface area contributed by atoms with Crippen LogP contribution in [0.1, 0.15) is 35.6 Å². The number of halogens is 2. The molecule has 4 aromatic rings. The fourth-order valence-corrected chi connectivity index (χ4v) is 6.40. The summed E-state index contributed by atoms with van der Waals surface area (Å²) in [6.45, 7) is 0. The number of carboxylic acid groups (broad SMARTS) is 1. The first-order valence-corrected chi connectivity index (χ1v) is 15.3. The number of ether oxygens (including phenoxy) is 2. The van der Waals surface area contributed by atoms with Crippen molar-refractivity contribution in [1.29, 1.82) is 0 Å². The van der Waals surface area contributed by atoms with Crippen molar-refractivity contribution in [3.63, 3.8) is 0 Å². The van der Waals surface area contributed by atoms with Gasteiger partial charge in [-0.3, -0.25) is 4.79 Å². The fraction of sp³-hybridized carbons (Fsp3) is 0.278. The van der Waals surface area contributed by atoms with Crippen molar-refractivity contribution >= 4 is 11.9 Å². The number of carbonyl (C=O) groups excluding carboxylic acids is 1. The lowest BCUT2D eigenvalue weighted by Crippen LogP contribution is -2.67. The summed E-state index contributed by atoms with van der Waals surface area (Å²) in [5.41, 5.74) is 2.29. The number of carbonyl (C=O) groups is 2. The van der Waals surface area contributed by atoms with Crippen molar-refractivity contribution in [2.75, 3.05) is 0 Å². The lowest BCUT2D eigenvalue weighted by molar-refractivity contribution is -0.271. The lowest BCUT2D eigenvalue weighted by atomic mass is 9.64. The van der Waals surface area contributed by atoms with Crippen molar-refractivity contribution in [3.05, 3.63) is 125 Å². The first kappa shape index (κ1) is 33.2. The Morgan fingerprint density at radius 3 is 2.04 bits per heavy atom. The summed E-state index contributed by atoms with van der Waals surface area (Å²) in [7, 11) is 0. The minimum absolute atomic E-state index is 0.196. The van der Waals surface area contributed by atoms with Gasteiger partial charge in [-0.1, -0.05) is 60.7 Å². The first-order valence-electron chi connectivity index (χ1n) is 15.3. The maximum absolute atomic E-state index is 13.9. The highest BCUT2D eigenvalue weighted by Crippen LogP contribution is 2.47. The second-order valence-corrected chi connectivity index (χ2v) is 12.0. The molecule has 0 radical (unpaired) electrons. The van der Waals surface area contributed by atoms with Crippen LogP contribution in [0.4, 0.5) is 8.78 Å². The molecule has 2 heterocycles. The summed E-state index contributed by atoms with van der Waals surface area (Å²) >= 11 is 0. The predicted molar refractivity (Wildman–Crippen MR) is 166 cm³/mol. The molecule has 10 nitrogen and oxygen atoms in total. The molecular formula is C36H33F2NO9. The normalized spacial score (nSPS) is 27.4. The van der Waals surface area contributed by atoms with Gasteiger partial charge in [-0.2, -0.15) is 0 Å². The molecule has 0 aromatic heterocycles. The summed E-state index contributed by atoms with van der Waals surface area (Å²) in [4.78, 5) is 24.5. The van der Waals surface area contributed by atoms with E-state index in [1.807, 2.05) is 24.3 Å². The van der Waals surface area contributed by atoms with Crippen LogP contribution < -0.4 is 10.1 Å². The Morgan fingerprint density at radius 2 is 1.44 bits per heavy atom. The van der Waals surface area contributed by atoms with Gasteiger partial charge < -0.3 is 40.3 Å². The Balaban J connectivity index is 1.24. The Bertz CT molecular complexity index is 1770. The van der Waals surface area contributed by atoms with E-state index in [4.69, 9.17) is 9.47 Å². The molecule has 4 aromatic carbocycles. The number of hydrogen-bond donors (Lipinski definition) is 6. The minimum atomic E-state index is -1.85. The van der Waals surface area contributed by atoms with E-state index in [9.17, 15) is 43.9 Å². The van der Waals surface area contributed by atoms with Crippen molar-refractivity contribution in [1.82, 2.24) is 5.32 Å². The summed E-state index contributed by atoms with van der Waals surface area (Å²) in [5.74, 6) is -3.02. The van der Waals surface area contributed by atoms with Gasteiger partial charge in [0.25, 0.3) is 0 Å². The van der Waals surface area contributed by atoms with Crippen LogP contribution in [-0.4, -0.2) is 68.1 Å². The van der Waals surface area contributed by atoms with Crippen molar-refractivity contribution in [3.8, 4) is 16.9 Å². The molecule has 6 rings (SSSR count). The number of amides is 1. The molecule has 0 aliphatic carbocycles. The lowest BCUT2D eigenvalue weighted by Gasteiger charge is -2.50. The zero-order valence-electron chi connectivity index (χ0n) is 25.3. The molecule has 0 saturated carbocycles. The number of rotatable bonds is 10. The summed E-state index contributed by atoms with van der Waals surface area (Å²) < 4.78 is 38.3. The average molecular weight is 662 g/mol.